The molecule has 2 rings (SSSR count). The molecule has 1 aromatic carbocycles. The smallest absolute Gasteiger partial charge is 0.264 e. The molecule has 0 N–H and O–H groups in total. The van der Waals surface area contributed by atoms with Crippen molar-refractivity contribution in [2.45, 2.75) is 37.1 Å². The lowest BCUT2D eigenvalue weighted by molar-refractivity contribution is 0.0737. The lowest BCUT2D eigenvalue weighted by Gasteiger charge is -2.22. The molecule has 1 aromatic rings. The molecule has 4 nitrogen and oxygen atoms in total. The van der Waals surface area contributed by atoms with E-state index in [1.807, 2.05) is 6.92 Å². The van der Waals surface area contributed by atoms with Crippen LogP contribution in [0.1, 0.15) is 36.5 Å². The molecular weight excluding hydrogens is 385 g/mol. The minimum Gasteiger partial charge on any atom is -0.336 e. The maximum absolute atomic E-state index is 14.4. The minimum atomic E-state index is -4.26. The molecule has 0 aromatic heterocycles. The van der Waals surface area contributed by atoms with Gasteiger partial charge in [0.25, 0.3) is 15.0 Å². The quantitative estimate of drug-likeness (QED) is 0.713. The lowest BCUT2D eigenvalue weighted by atomic mass is 10.1. The van der Waals surface area contributed by atoms with E-state index in [1.54, 1.807) is 4.90 Å². The average molecular weight is 399 g/mol. The van der Waals surface area contributed by atoms with Crippen LogP contribution in [0.2, 0.25) is 0 Å². The van der Waals surface area contributed by atoms with Crippen molar-refractivity contribution in [1.82, 2.24) is 4.90 Å². The van der Waals surface area contributed by atoms with Crippen LogP contribution in [0.15, 0.2) is 21.5 Å². The summed E-state index contributed by atoms with van der Waals surface area (Å²) < 4.78 is 37.4. The Kier molecular flexibility index (Phi) is 4.95. The van der Waals surface area contributed by atoms with E-state index < -0.39 is 25.7 Å². The number of hydrogen-bond acceptors (Lipinski definition) is 3. The summed E-state index contributed by atoms with van der Waals surface area (Å²) in [4.78, 5) is 13.4. The van der Waals surface area contributed by atoms with E-state index in [-0.39, 0.29) is 11.6 Å². The van der Waals surface area contributed by atoms with Gasteiger partial charge in [-0.05, 0) is 31.4 Å². The molecule has 21 heavy (non-hydrogen) atoms. The van der Waals surface area contributed by atoms with Crippen LogP contribution in [-0.2, 0) is 9.05 Å². The van der Waals surface area contributed by atoms with E-state index in [1.165, 1.54) is 6.07 Å². The number of hydrogen-bond donors (Lipinski definition) is 0. The van der Waals surface area contributed by atoms with Gasteiger partial charge in [-0.2, -0.15) is 0 Å². The molecule has 1 amide bonds. The van der Waals surface area contributed by atoms with Gasteiger partial charge in [-0.3, -0.25) is 4.79 Å². The van der Waals surface area contributed by atoms with Crippen LogP contribution in [0.5, 0.6) is 0 Å². The molecule has 0 radical (unpaired) electrons. The molecule has 0 unspecified atom stereocenters. The molecule has 1 saturated carbocycles. The highest BCUT2D eigenvalue weighted by Gasteiger charge is 2.34. The molecule has 1 fully saturated rings. The van der Waals surface area contributed by atoms with Crippen molar-refractivity contribution in [2.24, 2.45) is 0 Å². The van der Waals surface area contributed by atoms with Crippen molar-refractivity contribution in [2.75, 3.05) is 6.54 Å². The fourth-order valence-electron chi connectivity index (χ4n) is 2.13. The van der Waals surface area contributed by atoms with Gasteiger partial charge in [0.15, 0.2) is 5.82 Å². The normalized spacial score (nSPS) is 15.0. The summed E-state index contributed by atoms with van der Waals surface area (Å²) >= 11 is 3.09. The number of halogens is 3. The van der Waals surface area contributed by atoms with Crippen molar-refractivity contribution in [3.05, 3.63) is 28.0 Å². The summed E-state index contributed by atoms with van der Waals surface area (Å²) in [6.07, 6.45) is 2.53. The predicted octanol–water partition coefficient (Wildman–Crippen LogP) is 3.53. The molecule has 0 bridgehead atoms. The van der Waals surface area contributed by atoms with E-state index in [0.717, 1.165) is 25.3 Å². The number of amides is 1. The first-order valence-corrected chi connectivity index (χ1v) is 9.60. The fourth-order valence-corrected chi connectivity index (χ4v) is 3.67. The number of carbonyl (C=O) groups excluding carboxylic acids is 1. The summed E-state index contributed by atoms with van der Waals surface area (Å²) in [5, 5.41) is 0. The summed E-state index contributed by atoms with van der Waals surface area (Å²) in [6, 6.07) is 2.45. The van der Waals surface area contributed by atoms with Crippen LogP contribution >= 0.6 is 26.6 Å². The SMILES string of the molecule is CCCN(C(=O)c1cc(Br)cc(S(=O)(=O)Cl)c1F)C1CC1. The molecule has 0 heterocycles. The molecular formula is C13H14BrClFNO3S. The fraction of sp³-hybridized carbons (Fsp3) is 0.462. The predicted molar refractivity (Wildman–Crippen MR) is 81.5 cm³/mol. The average Bonchev–Trinajstić information content (AvgIpc) is 3.20. The van der Waals surface area contributed by atoms with Crippen LogP contribution in [0.4, 0.5) is 4.39 Å². The van der Waals surface area contributed by atoms with Gasteiger partial charge in [-0.25, -0.2) is 12.8 Å². The van der Waals surface area contributed by atoms with E-state index in [0.29, 0.717) is 11.0 Å². The lowest BCUT2D eigenvalue weighted by Crippen LogP contribution is -2.34. The van der Waals surface area contributed by atoms with Crippen LogP contribution in [0.3, 0.4) is 0 Å². The third kappa shape index (κ3) is 3.76. The minimum absolute atomic E-state index is 0.117. The van der Waals surface area contributed by atoms with Gasteiger partial charge in [0.05, 0.1) is 5.56 Å². The standard InChI is InChI=1S/C13H14BrClFNO3S/c1-2-5-17(9-3-4-9)13(18)10-6-8(14)7-11(12(10)16)21(15,19)20/h6-7,9H,2-5H2,1H3. The number of rotatable bonds is 5. The molecule has 8 heteroatoms. The van der Waals surface area contributed by atoms with Crippen LogP contribution in [-0.4, -0.2) is 31.8 Å². The summed E-state index contributed by atoms with van der Waals surface area (Å²) in [7, 11) is 0.956. The Morgan fingerprint density at radius 1 is 1.48 bits per heavy atom. The molecule has 116 valence electrons. The number of benzene rings is 1. The Bertz CT molecular complexity index is 676. The van der Waals surface area contributed by atoms with Crippen LogP contribution in [0, 0.1) is 5.82 Å². The van der Waals surface area contributed by atoms with Gasteiger partial charge in [0, 0.05) is 27.7 Å². The van der Waals surface area contributed by atoms with Gasteiger partial charge >= 0.3 is 0 Å². The third-order valence-electron chi connectivity index (χ3n) is 3.21. The number of carbonyl (C=O) groups is 1. The molecule has 1 aliphatic carbocycles. The highest BCUT2D eigenvalue weighted by molar-refractivity contribution is 9.10. The maximum atomic E-state index is 14.4. The molecule has 0 spiro atoms. The van der Waals surface area contributed by atoms with E-state index >= 15 is 0 Å². The maximum Gasteiger partial charge on any atom is 0.264 e. The Hall–Kier alpha value is -0.660. The molecule has 0 aliphatic heterocycles. The van der Waals surface area contributed by atoms with Gasteiger partial charge in [0.2, 0.25) is 0 Å². The highest BCUT2D eigenvalue weighted by atomic mass is 79.9. The van der Waals surface area contributed by atoms with Crippen molar-refractivity contribution in [3.8, 4) is 0 Å². The highest BCUT2D eigenvalue weighted by Crippen LogP contribution is 2.31. The van der Waals surface area contributed by atoms with E-state index in [9.17, 15) is 17.6 Å². The zero-order valence-electron chi connectivity index (χ0n) is 11.3. The van der Waals surface area contributed by atoms with Crippen molar-refractivity contribution < 1.29 is 17.6 Å². The van der Waals surface area contributed by atoms with E-state index in [4.69, 9.17) is 10.7 Å². The Morgan fingerprint density at radius 3 is 2.57 bits per heavy atom. The first-order chi connectivity index (χ1) is 9.75. The monoisotopic (exact) mass is 397 g/mol. The van der Waals surface area contributed by atoms with Crippen molar-refractivity contribution >= 4 is 41.6 Å². The summed E-state index contributed by atoms with van der Waals surface area (Å²) in [5.41, 5.74) is -0.274. The Morgan fingerprint density at radius 2 is 2.10 bits per heavy atom. The topological polar surface area (TPSA) is 54.5 Å². The van der Waals surface area contributed by atoms with Gasteiger partial charge in [-0.1, -0.05) is 22.9 Å². The Balaban J connectivity index is 2.48. The zero-order valence-corrected chi connectivity index (χ0v) is 14.4. The second kappa shape index (κ2) is 6.22. The van der Waals surface area contributed by atoms with Gasteiger partial charge in [-0.15, -0.1) is 0 Å². The van der Waals surface area contributed by atoms with Crippen LogP contribution < -0.4 is 0 Å². The number of nitrogens with zero attached hydrogens (tertiary/aromatic N) is 1. The second-order valence-electron chi connectivity index (χ2n) is 4.93. The Labute approximate surface area is 135 Å². The van der Waals surface area contributed by atoms with Gasteiger partial charge < -0.3 is 4.90 Å². The molecule has 0 atom stereocenters. The third-order valence-corrected chi connectivity index (χ3v) is 4.99. The molecule has 1 aliphatic rings. The first-order valence-electron chi connectivity index (χ1n) is 6.50. The molecule has 0 saturated heterocycles. The summed E-state index contributed by atoms with van der Waals surface area (Å²) in [5.74, 6) is -1.60. The summed E-state index contributed by atoms with van der Waals surface area (Å²) in [6.45, 7) is 2.44. The zero-order chi connectivity index (χ0) is 15.8. The van der Waals surface area contributed by atoms with Gasteiger partial charge in [0.1, 0.15) is 4.90 Å². The largest absolute Gasteiger partial charge is 0.336 e. The van der Waals surface area contributed by atoms with Crippen molar-refractivity contribution in [3.63, 3.8) is 0 Å². The van der Waals surface area contributed by atoms with Crippen LogP contribution in [0.25, 0.3) is 0 Å². The second-order valence-corrected chi connectivity index (χ2v) is 8.38. The van der Waals surface area contributed by atoms with E-state index in [2.05, 4.69) is 15.9 Å². The first kappa shape index (κ1) is 16.7. The van der Waals surface area contributed by atoms with Crippen molar-refractivity contribution in [1.29, 1.82) is 0 Å².